The molecule has 0 saturated carbocycles. The lowest BCUT2D eigenvalue weighted by atomic mass is 9.89. The van der Waals surface area contributed by atoms with E-state index in [4.69, 9.17) is 11.2 Å². The van der Waals surface area contributed by atoms with Crippen LogP contribution in [0, 0.1) is 12.3 Å². The van der Waals surface area contributed by atoms with Gasteiger partial charge in [0, 0.05) is 12.0 Å². The Morgan fingerprint density at radius 2 is 1.90 bits per heavy atom. The molecule has 3 nitrogen and oxygen atoms in total. The quantitative estimate of drug-likeness (QED) is 0.469. The Hall–Kier alpha value is -2.08. The molecule has 0 amide bonds. The predicted molar refractivity (Wildman–Crippen MR) is 76.4 cm³/mol. The monoisotopic (exact) mass is 270 g/mol. The highest BCUT2D eigenvalue weighted by molar-refractivity contribution is 5.97. The molecule has 0 heterocycles. The van der Waals surface area contributed by atoms with E-state index < -0.39 is 5.97 Å². The second-order valence-corrected chi connectivity index (χ2v) is 4.98. The van der Waals surface area contributed by atoms with E-state index >= 15 is 0 Å². The van der Waals surface area contributed by atoms with E-state index in [1.165, 1.54) is 24.0 Å². The molecule has 1 aliphatic carbocycles. The van der Waals surface area contributed by atoms with Crippen LogP contribution in [-0.2, 0) is 22.4 Å². The van der Waals surface area contributed by atoms with Gasteiger partial charge in [-0.1, -0.05) is 18.1 Å². The van der Waals surface area contributed by atoms with Gasteiger partial charge in [-0.05, 0) is 42.9 Å². The third-order valence-electron chi connectivity index (χ3n) is 3.54. The van der Waals surface area contributed by atoms with Gasteiger partial charge in [0.1, 0.15) is 0 Å². The number of aryl methyl sites for hydroxylation is 2. The first-order chi connectivity index (χ1) is 9.70. The molecular weight excluding hydrogens is 252 g/mol. The summed E-state index contributed by atoms with van der Waals surface area (Å²) < 4.78 is 4.74. The van der Waals surface area contributed by atoms with E-state index in [1.807, 2.05) is 18.2 Å². The minimum atomic E-state index is -0.422. The second-order valence-electron chi connectivity index (χ2n) is 4.98. The van der Waals surface area contributed by atoms with Crippen molar-refractivity contribution in [3.8, 4) is 12.3 Å². The zero-order valence-corrected chi connectivity index (χ0v) is 11.5. The van der Waals surface area contributed by atoms with Gasteiger partial charge in [0.05, 0.1) is 6.42 Å². The SMILES string of the molecule is C#CCOC(=O)CCC(=O)c1ccc2c(c1)CCCC2. The van der Waals surface area contributed by atoms with E-state index in [-0.39, 0.29) is 25.2 Å². The molecule has 0 atom stereocenters. The van der Waals surface area contributed by atoms with Gasteiger partial charge >= 0.3 is 5.97 Å². The van der Waals surface area contributed by atoms with Crippen molar-refractivity contribution in [3.63, 3.8) is 0 Å². The molecule has 0 spiro atoms. The maximum Gasteiger partial charge on any atom is 0.307 e. The summed E-state index contributed by atoms with van der Waals surface area (Å²) in [6.07, 6.45) is 9.79. The Morgan fingerprint density at radius 3 is 2.65 bits per heavy atom. The maximum atomic E-state index is 12.1. The summed E-state index contributed by atoms with van der Waals surface area (Å²) in [5.74, 6) is 1.78. The summed E-state index contributed by atoms with van der Waals surface area (Å²) in [6, 6.07) is 5.88. The van der Waals surface area contributed by atoms with Crippen molar-refractivity contribution in [2.45, 2.75) is 38.5 Å². The molecule has 0 saturated heterocycles. The number of Topliss-reactive ketones (excluding diaryl/α,β-unsaturated/α-hetero) is 1. The van der Waals surface area contributed by atoms with Crippen LogP contribution in [0.15, 0.2) is 18.2 Å². The van der Waals surface area contributed by atoms with E-state index in [0.717, 1.165) is 12.8 Å². The highest BCUT2D eigenvalue weighted by Gasteiger charge is 2.14. The number of benzene rings is 1. The van der Waals surface area contributed by atoms with Crippen molar-refractivity contribution >= 4 is 11.8 Å². The molecule has 0 radical (unpaired) electrons. The molecule has 0 aromatic heterocycles. The van der Waals surface area contributed by atoms with Crippen LogP contribution in [0.2, 0.25) is 0 Å². The first-order valence-corrected chi connectivity index (χ1v) is 6.95. The summed E-state index contributed by atoms with van der Waals surface area (Å²) in [4.78, 5) is 23.4. The van der Waals surface area contributed by atoms with Crippen molar-refractivity contribution in [3.05, 3.63) is 34.9 Å². The minimum Gasteiger partial charge on any atom is -0.452 e. The van der Waals surface area contributed by atoms with Gasteiger partial charge in [0.2, 0.25) is 0 Å². The topological polar surface area (TPSA) is 43.4 Å². The standard InChI is InChI=1S/C17H18O3/c1-2-11-20-17(19)10-9-16(18)15-8-7-13-5-3-4-6-14(13)12-15/h1,7-8,12H,3-6,9-11H2. The zero-order valence-electron chi connectivity index (χ0n) is 11.5. The maximum absolute atomic E-state index is 12.1. The Bertz CT molecular complexity index is 552. The van der Waals surface area contributed by atoms with Gasteiger partial charge in [-0.2, -0.15) is 0 Å². The number of carbonyl (C=O) groups excluding carboxylic acids is 2. The number of rotatable bonds is 5. The van der Waals surface area contributed by atoms with Crippen LogP contribution in [0.25, 0.3) is 0 Å². The number of carbonyl (C=O) groups is 2. The Labute approximate surface area is 119 Å². The van der Waals surface area contributed by atoms with Gasteiger partial charge in [-0.3, -0.25) is 9.59 Å². The second kappa shape index (κ2) is 6.91. The third kappa shape index (κ3) is 3.71. The van der Waals surface area contributed by atoms with E-state index in [1.54, 1.807) is 0 Å². The highest BCUT2D eigenvalue weighted by atomic mass is 16.5. The lowest BCUT2D eigenvalue weighted by Crippen LogP contribution is -2.10. The van der Waals surface area contributed by atoms with E-state index in [9.17, 15) is 9.59 Å². The molecule has 0 unspecified atom stereocenters. The lowest BCUT2D eigenvalue weighted by molar-refractivity contribution is -0.142. The molecule has 104 valence electrons. The number of terminal acetylenes is 1. The van der Waals surface area contributed by atoms with Crippen LogP contribution in [0.3, 0.4) is 0 Å². The number of hydrogen-bond acceptors (Lipinski definition) is 3. The van der Waals surface area contributed by atoms with Crippen LogP contribution in [0.4, 0.5) is 0 Å². The summed E-state index contributed by atoms with van der Waals surface area (Å²) in [6.45, 7) is -0.0358. The molecule has 0 bridgehead atoms. The van der Waals surface area contributed by atoms with Gasteiger partial charge in [-0.25, -0.2) is 0 Å². The average Bonchev–Trinajstić information content (AvgIpc) is 2.50. The van der Waals surface area contributed by atoms with Gasteiger partial charge in [0.25, 0.3) is 0 Å². The fourth-order valence-corrected chi connectivity index (χ4v) is 2.46. The lowest BCUT2D eigenvalue weighted by Gasteiger charge is -2.16. The first kappa shape index (κ1) is 14.3. The number of fused-ring (bicyclic) bond motifs is 1. The van der Waals surface area contributed by atoms with Crippen LogP contribution >= 0.6 is 0 Å². The van der Waals surface area contributed by atoms with Crippen molar-refractivity contribution in [2.24, 2.45) is 0 Å². The van der Waals surface area contributed by atoms with E-state index in [2.05, 4.69) is 5.92 Å². The summed E-state index contributed by atoms with van der Waals surface area (Å²) in [5, 5.41) is 0. The van der Waals surface area contributed by atoms with Gasteiger partial charge in [-0.15, -0.1) is 6.42 Å². The van der Waals surface area contributed by atoms with Gasteiger partial charge in [0.15, 0.2) is 12.4 Å². The molecule has 2 rings (SSSR count). The predicted octanol–water partition coefficient (Wildman–Crippen LogP) is 2.70. The normalized spacial score (nSPS) is 13.2. The first-order valence-electron chi connectivity index (χ1n) is 6.95. The molecule has 1 aliphatic rings. The molecular formula is C17H18O3. The average molecular weight is 270 g/mol. The van der Waals surface area contributed by atoms with Crippen molar-refractivity contribution < 1.29 is 14.3 Å². The van der Waals surface area contributed by atoms with Crippen LogP contribution in [-0.4, -0.2) is 18.4 Å². The fraction of sp³-hybridized carbons (Fsp3) is 0.412. The molecule has 1 aromatic carbocycles. The summed E-state index contributed by atoms with van der Waals surface area (Å²) in [7, 11) is 0. The highest BCUT2D eigenvalue weighted by Crippen LogP contribution is 2.22. The van der Waals surface area contributed by atoms with Gasteiger partial charge < -0.3 is 4.74 Å². The molecule has 3 heteroatoms. The molecule has 0 aliphatic heterocycles. The molecule has 1 aromatic rings. The Balaban J connectivity index is 1.93. The zero-order chi connectivity index (χ0) is 14.4. The Kier molecular flexibility index (Phi) is 4.95. The largest absolute Gasteiger partial charge is 0.452 e. The minimum absolute atomic E-state index is 0.0176. The van der Waals surface area contributed by atoms with Crippen molar-refractivity contribution in [1.29, 1.82) is 0 Å². The fourth-order valence-electron chi connectivity index (χ4n) is 2.46. The smallest absolute Gasteiger partial charge is 0.307 e. The van der Waals surface area contributed by atoms with Crippen LogP contribution < -0.4 is 0 Å². The third-order valence-corrected chi connectivity index (χ3v) is 3.54. The number of hydrogen-bond donors (Lipinski definition) is 0. The summed E-state index contributed by atoms with van der Waals surface area (Å²) >= 11 is 0. The number of ketones is 1. The van der Waals surface area contributed by atoms with Crippen molar-refractivity contribution in [1.82, 2.24) is 0 Å². The number of esters is 1. The summed E-state index contributed by atoms with van der Waals surface area (Å²) in [5.41, 5.74) is 3.31. The molecule has 20 heavy (non-hydrogen) atoms. The van der Waals surface area contributed by atoms with Crippen LogP contribution in [0.5, 0.6) is 0 Å². The van der Waals surface area contributed by atoms with Crippen molar-refractivity contribution in [2.75, 3.05) is 6.61 Å². The van der Waals surface area contributed by atoms with E-state index in [0.29, 0.717) is 5.56 Å². The number of ether oxygens (including phenoxy) is 1. The van der Waals surface area contributed by atoms with Crippen LogP contribution in [0.1, 0.15) is 47.2 Å². The molecule has 0 fully saturated rings. The Morgan fingerprint density at radius 1 is 1.15 bits per heavy atom. The molecule has 0 N–H and O–H groups in total.